The third kappa shape index (κ3) is 3.00. The van der Waals surface area contributed by atoms with E-state index in [0.29, 0.717) is 11.3 Å². The highest BCUT2D eigenvalue weighted by molar-refractivity contribution is 6.04. The summed E-state index contributed by atoms with van der Waals surface area (Å²) < 4.78 is 0. The van der Waals surface area contributed by atoms with Crippen LogP contribution >= 0.6 is 0 Å². The molecule has 1 heterocycles. The number of carbonyl (C=O) groups excluding carboxylic acids is 1. The van der Waals surface area contributed by atoms with Crippen LogP contribution in [-0.4, -0.2) is 22.0 Å². The first-order valence-electron chi connectivity index (χ1n) is 6.05. The van der Waals surface area contributed by atoms with E-state index in [9.17, 15) is 9.59 Å². The Kier molecular flexibility index (Phi) is 3.79. The second kappa shape index (κ2) is 5.52. The summed E-state index contributed by atoms with van der Waals surface area (Å²) in [7, 11) is 0. The first-order chi connectivity index (χ1) is 9.47. The van der Waals surface area contributed by atoms with Crippen LogP contribution in [0.4, 0.5) is 5.69 Å². The third-order valence-corrected chi connectivity index (χ3v) is 3.01. The normalized spacial score (nSPS) is 10.1. The number of nitrogens with one attached hydrogen (secondary N) is 1. The van der Waals surface area contributed by atoms with Gasteiger partial charge in [-0.2, -0.15) is 0 Å². The average molecular weight is 270 g/mol. The average Bonchev–Trinajstić information content (AvgIpc) is 2.42. The molecule has 1 aromatic heterocycles. The number of pyridine rings is 1. The summed E-state index contributed by atoms with van der Waals surface area (Å²) in [6, 6.07) is 8.27. The number of aryl methyl sites for hydroxylation is 2. The van der Waals surface area contributed by atoms with Gasteiger partial charge in [0.1, 0.15) is 5.69 Å². The van der Waals surface area contributed by atoms with Crippen molar-refractivity contribution in [2.45, 2.75) is 13.8 Å². The van der Waals surface area contributed by atoms with Gasteiger partial charge in [0.05, 0.1) is 0 Å². The molecule has 0 aliphatic rings. The highest BCUT2D eigenvalue weighted by atomic mass is 16.4. The highest BCUT2D eigenvalue weighted by Gasteiger charge is 2.09. The van der Waals surface area contributed by atoms with Gasteiger partial charge >= 0.3 is 5.97 Å². The van der Waals surface area contributed by atoms with Crippen molar-refractivity contribution in [2.24, 2.45) is 0 Å². The van der Waals surface area contributed by atoms with Crippen molar-refractivity contribution < 1.29 is 14.7 Å². The number of carboxylic acids is 1. The summed E-state index contributed by atoms with van der Waals surface area (Å²) in [6.45, 7) is 3.90. The Balaban J connectivity index is 2.21. The highest BCUT2D eigenvalue weighted by Crippen LogP contribution is 2.13. The smallest absolute Gasteiger partial charge is 0.354 e. The van der Waals surface area contributed by atoms with Gasteiger partial charge in [0.25, 0.3) is 5.91 Å². The van der Waals surface area contributed by atoms with E-state index in [1.807, 2.05) is 19.9 Å². The summed E-state index contributed by atoms with van der Waals surface area (Å²) in [6.07, 6.45) is 1.35. The molecule has 0 saturated carbocycles. The van der Waals surface area contributed by atoms with E-state index in [2.05, 4.69) is 10.3 Å². The van der Waals surface area contributed by atoms with Crippen LogP contribution in [-0.2, 0) is 0 Å². The first-order valence-corrected chi connectivity index (χ1v) is 6.05. The lowest BCUT2D eigenvalue weighted by Gasteiger charge is -2.07. The van der Waals surface area contributed by atoms with E-state index >= 15 is 0 Å². The molecular weight excluding hydrogens is 256 g/mol. The van der Waals surface area contributed by atoms with Crippen LogP contribution in [0.25, 0.3) is 0 Å². The van der Waals surface area contributed by atoms with E-state index in [0.717, 1.165) is 11.1 Å². The molecule has 0 aliphatic carbocycles. The molecule has 0 spiro atoms. The minimum Gasteiger partial charge on any atom is -0.477 e. The van der Waals surface area contributed by atoms with Crippen LogP contribution in [0.15, 0.2) is 36.5 Å². The lowest BCUT2D eigenvalue weighted by molar-refractivity contribution is 0.0690. The Bertz CT molecular complexity index is 681. The second-order valence-corrected chi connectivity index (χ2v) is 4.49. The number of carboxylic acid groups (broad SMARTS) is 1. The Hall–Kier alpha value is -2.69. The first kappa shape index (κ1) is 13.7. The van der Waals surface area contributed by atoms with Crippen molar-refractivity contribution in [3.63, 3.8) is 0 Å². The molecule has 5 heteroatoms. The molecule has 0 fully saturated rings. The molecule has 5 nitrogen and oxygen atoms in total. The van der Waals surface area contributed by atoms with Gasteiger partial charge in [0, 0.05) is 17.4 Å². The molecule has 2 N–H and O–H groups in total. The van der Waals surface area contributed by atoms with Crippen LogP contribution in [0.5, 0.6) is 0 Å². The zero-order valence-electron chi connectivity index (χ0n) is 11.2. The molecule has 0 bridgehead atoms. The molecule has 0 unspecified atom stereocenters. The van der Waals surface area contributed by atoms with E-state index in [1.165, 1.54) is 12.3 Å². The molecular formula is C15H14N2O3. The van der Waals surface area contributed by atoms with E-state index in [4.69, 9.17) is 5.11 Å². The number of anilines is 1. The van der Waals surface area contributed by atoms with Crippen molar-refractivity contribution in [1.29, 1.82) is 0 Å². The molecule has 0 atom stereocenters. The summed E-state index contributed by atoms with van der Waals surface area (Å²) in [4.78, 5) is 26.6. The van der Waals surface area contributed by atoms with Crippen LogP contribution in [0.1, 0.15) is 32.0 Å². The molecule has 0 radical (unpaired) electrons. The molecule has 2 rings (SSSR count). The van der Waals surface area contributed by atoms with Crippen LogP contribution in [0, 0.1) is 13.8 Å². The fraction of sp³-hybridized carbons (Fsp3) is 0.133. The summed E-state index contributed by atoms with van der Waals surface area (Å²) in [5.41, 5.74) is 2.96. The quantitative estimate of drug-likeness (QED) is 0.898. The van der Waals surface area contributed by atoms with Gasteiger partial charge in [-0.3, -0.25) is 4.79 Å². The second-order valence-electron chi connectivity index (χ2n) is 4.49. The lowest BCUT2D eigenvalue weighted by atomic mass is 10.1. The third-order valence-electron chi connectivity index (χ3n) is 3.01. The van der Waals surface area contributed by atoms with Gasteiger partial charge in [0.2, 0.25) is 0 Å². The van der Waals surface area contributed by atoms with Crippen molar-refractivity contribution in [3.8, 4) is 0 Å². The molecule has 2 aromatic rings. The number of benzene rings is 1. The minimum absolute atomic E-state index is 0.108. The number of carbonyl (C=O) groups is 2. The number of amides is 1. The maximum Gasteiger partial charge on any atom is 0.354 e. The van der Waals surface area contributed by atoms with Crippen molar-refractivity contribution in [3.05, 3.63) is 58.9 Å². The molecule has 20 heavy (non-hydrogen) atoms. The molecule has 0 saturated heterocycles. The van der Waals surface area contributed by atoms with E-state index < -0.39 is 5.97 Å². The predicted molar refractivity (Wildman–Crippen MR) is 75.1 cm³/mol. The molecule has 1 aromatic carbocycles. The van der Waals surface area contributed by atoms with Gasteiger partial charge in [-0.05, 0) is 49.2 Å². The summed E-state index contributed by atoms with van der Waals surface area (Å²) in [5.74, 6) is -1.41. The largest absolute Gasteiger partial charge is 0.477 e. The summed E-state index contributed by atoms with van der Waals surface area (Å²) in [5, 5.41) is 11.5. The fourth-order valence-corrected chi connectivity index (χ4v) is 1.71. The number of hydrogen-bond acceptors (Lipinski definition) is 3. The van der Waals surface area contributed by atoms with Crippen molar-refractivity contribution in [2.75, 3.05) is 5.32 Å². The van der Waals surface area contributed by atoms with Crippen LogP contribution < -0.4 is 5.32 Å². The number of rotatable bonds is 3. The van der Waals surface area contributed by atoms with E-state index in [1.54, 1.807) is 18.2 Å². The zero-order chi connectivity index (χ0) is 14.7. The molecule has 1 amide bonds. The molecule has 0 aliphatic heterocycles. The number of aromatic carboxylic acids is 1. The minimum atomic E-state index is -1.13. The maximum absolute atomic E-state index is 12.1. The summed E-state index contributed by atoms with van der Waals surface area (Å²) >= 11 is 0. The molecule has 102 valence electrons. The van der Waals surface area contributed by atoms with Gasteiger partial charge in [0.15, 0.2) is 0 Å². The van der Waals surface area contributed by atoms with Crippen molar-refractivity contribution >= 4 is 17.6 Å². The van der Waals surface area contributed by atoms with Crippen LogP contribution in [0.3, 0.4) is 0 Å². The topological polar surface area (TPSA) is 79.3 Å². The van der Waals surface area contributed by atoms with E-state index in [-0.39, 0.29) is 11.6 Å². The zero-order valence-corrected chi connectivity index (χ0v) is 11.2. The van der Waals surface area contributed by atoms with Gasteiger partial charge in [-0.1, -0.05) is 6.07 Å². The standard InChI is InChI=1S/C15H14N2O3/c1-9-3-4-11(7-10(9)2)14(18)17-12-5-6-16-13(8-12)15(19)20/h3-8H,1-2H3,(H,19,20)(H,16,17,18). The van der Waals surface area contributed by atoms with Crippen LogP contribution in [0.2, 0.25) is 0 Å². The van der Waals surface area contributed by atoms with Crippen molar-refractivity contribution in [1.82, 2.24) is 4.98 Å². The SMILES string of the molecule is Cc1ccc(C(=O)Nc2ccnc(C(=O)O)c2)cc1C. The Morgan fingerprint density at radius 1 is 1.10 bits per heavy atom. The number of hydrogen-bond donors (Lipinski definition) is 2. The lowest BCUT2D eigenvalue weighted by Crippen LogP contribution is -2.13. The fourth-order valence-electron chi connectivity index (χ4n) is 1.71. The Morgan fingerprint density at radius 3 is 2.50 bits per heavy atom. The monoisotopic (exact) mass is 270 g/mol. The number of aromatic nitrogens is 1. The van der Waals surface area contributed by atoms with Gasteiger partial charge < -0.3 is 10.4 Å². The maximum atomic E-state index is 12.1. The Morgan fingerprint density at radius 2 is 1.85 bits per heavy atom. The number of nitrogens with zero attached hydrogens (tertiary/aromatic N) is 1. The van der Waals surface area contributed by atoms with Gasteiger partial charge in [-0.25, -0.2) is 9.78 Å². The predicted octanol–water partition coefficient (Wildman–Crippen LogP) is 2.65. The Labute approximate surface area is 116 Å². The van der Waals surface area contributed by atoms with Gasteiger partial charge in [-0.15, -0.1) is 0 Å².